The van der Waals surface area contributed by atoms with Crippen LogP contribution in [0.15, 0.2) is 48.5 Å². The van der Waals surface area contributed by atoms with Crippen molar-refractivity contribution in [2.45, 2.75) is 38.2 Å². The molecule has 3 rings (SSSR count). The Bertz CT molecular complexity index is 552. The van der Waals surface area contributed by atoms with E-state index in [1.807, 2.05) is 18.2 Å². The lowest BCUT2D eigenvalue weighted by molar-refractivity contribution is 0.217. The molecule has 1 aliphatic rings. The van der Waals surface area contributed by atoms with Crippen LogP contribution >= 0.6 is 0 Å². The first kappa shape index (κ1) is 12.4. The fourth-order valence-corrected chi connectivity index (χ4v) is 2.78. The van der Waals surface area contributed by atoms with Crippen molar-refractivity contribution in [3.05, 3.63) is 70.8 Å². The second kappa shape index (κ2) is 5.18. The summed E-state index contributed by atoms with van der Waals surface area (Å²) in [5.74, 6) is 0.649. The van der Waals surface area contributed by atoms with E-state index in [-0.39, 0.29) is 0 Å². The van der Waals surface area contributed by atoms with Gasteiger partial charge in [-0.25, -0.2) is 0 Å². The molecule has 1 fully saturated rings. The molecule has 0 radical (unpaired) electrons. The summed E-state index contributed by atoms with van der Waals surface area (Å²) in [7, 11) is 0. The van der Waals surface area contributed by atoms with Gasteiger partial charge in [0.2, 0.25) is 0 Å². The van der Waals surface area contributed by atoms with Crippen molar-refractivity contribution in [1.82, 2.24) is 0 Å². The molecular weight excluding hydrogens is 232 g/mol. The molecule has 1 unspecified atom stereocenters. The van der Waals surface area contributed by atoms with E-state index >= 15 is 0 Å². The summed E-state index contributed by atoms with van der Waals surface area (Å²) in [6.07, 6.45) is 3.34. The minimum absolute atomic E-state index is 0.502. The third-order valence-corrected chi connectivity index (χ3v) is 4.23. The van der Waals surface area contributed by atoms with Gasteiger partial charge in [-0.1, -0.05) is 60.5 Å². The lowest BCUT2D eigenvalue weighted by Gasteiger charge is -2.29. The molecule has 0 bridgehead atoms. The molecule has 1 aliphatic carbocycles. The normalized spacial score (nSPS) is 16.9. The van der Waals surface area contributed by atoms with Gasteiger partial charge in [-0.3, -0.25) is 0 Å². The molecule has 19 heavy (non-hydrogen) atoms. The molecule has 0 spiro atoms. The molecule has 2 aromatic rings. The summed E-state index contributed by atoms with van der Waals surface area (Å²) >= 11 is 0. The smallest absolute Gasteiger partial charge is 0.104 e. The van der Waals surface area contributed by atoms with Crippen LogP contribution in [-0.4, -0.2) is 5.11 Å². The Labute approximate surface area is 114 Å². The Hall–Kier alpha value is -1.60. The molecule has 0 aliphatic heterocycles. The van der Waals surface area contributed by atoms with E-state index in [9.17, 15) is 5.11 Å². The summed E-state index contributed by atoms with van der Waals surface area (Å²) in [5.41, 5.74) is 4.62. The van der Waals surface area contributed by atoms with Crippen LogP contribution in [0.2, 0.25) is 0 Å². The number of rotatable bonds is 3. The van der Waals surface area contributed by atoms with E-state index in [4.69, 9.17) is 0 Å². The van der Waals surface area contributed by atoms with E-state index in [1.54, 1.807) is 0 Å². The summed E-state index contributed by atoms with van der Waals surface area (Å²) in [4.78, 5) is 0. The van der Waals surface area contributed by atoms with Gasteiger partial charge < -0.3 is 5.11 Å². The van der Waals surface area contributed by atoms with Gasteiger partial charge in [-0.05, 0) is 42.4 Å². The Balaban J connectivity index is 1.94. The number of aryl methyl sites for hydroxylation is 1. The van der Waals surface area contributed by atoms with Crippen molar-refractivity contribution in [1.29, 1.82) is 0 Å². The topological polar surface area (TPSA) is 20.2 Å². The Morgan fingerprint density at radius 1 is 1.00 bits per heavy atom. The van der Waals surface area contributed by atoms with Crippen LogP contribution in [0, 0.1) is 6.92 Å². The van der Waals surface area contributed by atoms with Crippen molar-refractivity contribution < 1.29 is 5.11 Å². The van der Waals surface area contributed by atoms with Crippen molar-refractivity contribution in [3.63, 3.8) is 0 Å². The highest BCUT2D eigenvalue weighted by Gasteiger charge is 2.24. The maximum atomic E-state index is 10.6. The van der Waals surface area contributed by atoms with Gasteiger partial charge in [0.1, 0.15) is 6.10 Å². The second-order valence-corrected chi connectivity index (χ2v) is 5.57. The molecule has 2 aromatic carbocycles. The van der Waals surface area contributed by atoms with E-state index in [2.05, 4.69) is 37.3 Å². The minimum Gasteiger partial charge on any atom is -0.384 e. The third-order valence-electron chi connectivity index (χ3n) is 4.23. The van der Waals surface area contributed by atoms with Crippen LogP contribution in [0.1, 0.15) is 53.5 Å². The standard InChI is InChI=1S/C18H20O/c1-13-9-11-15(12-10-13)18(19)17-8-3-2-7-16(17)14-5-4-6-14/h2-3,7-12,14,18-19H,4-6H2,1H3. The number of hydrogen-bond acceptors (Lipinski definition) is 1. The number of benzene rings is 2. The zero-order valence-corrected chi connectivity index (χ0v) is 11.3. The van der Waals surface area contributed by atoms with Gasteiger partial charge >= 0.3 is 0 Å². The van der Waals surface area contributed by atoms with Crippen molar-refractivity contribution >= 4 is 0 Å². The fourth-order valence-electron chi connectivity index (χ4n) is 2.78. The van der Waals surface area contributed by atoms with Crippen LogP contribution in [0.5, 0.6) is 0 Å². The van der Waals surface area contributed by atoms with Crippen molar-refractivity contribution in [2.75, 3.05) is 0 Å². The molecule has 0 saturated heterocycles. The van der Waals surface area contributed by atoms with E-state index in [0.29, 0.717) is 5.92 Å². The first-order chi connectivity index (χ1) is 9.25. The largest absolute Gasteiger partial charge is 0.384 e. The molecule has 98 valence electrons. The van der Waals surface area contributed by atoms with Gasteiger partial charge in [0.15, 0.2) is 0 Å². The Morgan fingerprint density at radius 2 is 1.68 bits per heavy atom. The number of aliphatic hydroxyl groups is 1. The van der Waals surface area contributed by atoms with Crippen LogP contribution in [-0.2, 0) is 0 Å². The quantitative estimate of drug-likeness (QED) is 0.861. The predicted molar refractivity (Wildman–Crippen MR) is 78.3 cm³/mol. The van der Waals surface area contributed by atoms with Gasteiger partial charge in [0.05, 0.1) is 0 Å². The Kier molecular flexibility index (Phi) is 3.39. The molecule has 0 heterocycles. The van der Waals surface area contributed by atoms with Gasteiger partial charge in [-0.15, -0.1) is 0 Å². The molecule has 1 atom stereocenters. The zero-order chi connectivity index (χ0) is 13.2. The third kappa shape index (κ3) is 2.43. The Morgan fingerprint density at radius 3 is 2.32 bits per heavy atom. The van der Waals surface area contributed by atoms with E-state index in [0.717, 1.165) is 11.1 Å². The van der Waals surface area contributed by atoms with E-state index < -0.39 is 6.10 Å². The maximum absolute atomic E-state index is 10.6. The molecule has 1 heteroatoms. The van der Waals surface area contributed by atoms with Crippen LogP contribution in [0.25, 0.3) is 0 Å². The lowest BCUT2D eigenvalue weighted by atomic mass is 9.77. The van der Waals surface area contributed by atoms with Gasteiger partial charge in [0.25, 0.3) is 0 Å². The average molecular weight is 252 g/mol. The second-order valence-electron chi connectivity index (χ2n) is 5.57. The van der Waals surface area contributed by atoms with Gasteiger partial charge in [-0.2, -0.15) is 0 Å². The molecule has 1 nitrogen and oxygen atoms in total. The molecule has 0 amide bonds. The van der Waals surface area contributed by atoms with Crippen molar-refractivity contribution in [2.24, 2.45) is 0 Å². The highest BCUT2D eigenvalue weighted by molar-refractivity contribution is 5.39. The summed E-state index contributed by atoms with van der Waals surface area (Å²) in [5, 5.41) is 10.6. The predicted octanol–water partition coefficient (Wildman–Crippen LogP) is 4.34. The average Bonchev–Trinajstić information content (AvgIpc) is 2.37. The zero-order valence-electron chi connectivity index (χ0n) is 11.3. The number of hydrogen-bond donors (Lipinski definition) is 1. The molecular formula is C18H20O. The SMILES string of the molecule is Cc1ccc(C(O)c2ccccc2C2CCC2)cc1. The van der Waals surface area contributed by atoms with Gasteiger partial charge in [0, 0.05) is 0 Å². The minimum atomic E-state index is -0.502. The highest BCUT2D eigenvalue weighted by atomic mass is 16.3. The molecule has 0 aromatic heterocycles. The van der Waals surface area contributed by atoms with Crippen LogP contribution < -0.4 is 0 Å². The first-order valence-electron chi connectivity index (χ1n) is 7.09. The molecule has 1 N–H and O–H groups in total. The highest BCUT2D eigenvalue weighted by Crippen LogP contribution is 2.40. The van der Waals surface area contributed by atoms with Crippen LogP contribution in [0.3, 0.4) is 0 Å². The summed E-state index contributed by atoms with van der Waals surface area (Å²) in [6, 6.07) is 16.5. The maximum Gasteiger partial charge on any atom is 0.104 e. The van der Waals surface area contributed by atoms with E-state index in [1.165, 1.54) is 30.4 Å². The fraction of sp³-hybridized carbons (Fsp3) is 0.333. The monoisotopic (exact) mass is 252 g/mol. The van der Waals surface area contributed by atoms with Crippen LogP contribution in [0.4, 0.5) is 0 Å². The molecule has 1 saturated carbocycles. The summed E-state index contributed by atoms with van der Waals surface area (Å²) in [6.45, 7) is 2.07. The summed E-state index contributed by atoms with van der Waals surface area (Å²) < 4.78 is 0. The first-order valence-corrected chi connectivity index (χ1v) is 7.09. The number of aliphatic hydroxyl groups excluding tert-OH is 1. The lowest BCUT2D eigenvalue weighted by Crippen LogP contribution is -2.13. The van der Waals surface area contributed by atoms with Crippen molar-refractivity contribution in [3.8, 4) is 0 Å².